The highest BCUT2D eigenvalue weighted by molar-refractivity contribution is 6.00. The quantitative estimate of drug-likeness (QED) is 0.278. The number of aromatic nitrogens is 4. The van der Waals surface area contributed by atoms with Crippen molar-refractivity contribution in [2.75, 3.05) is 20.2 Å². The molecule has 10 heteroatoms. The number of rotatable bonds is 2. The number of nitrogens with zero attached hydrogens (tertiary/aromatic N) is 5. The molecule has 2 aromatic carbocycles. The second kappa shape index (κ2) is 11.7. The molecule has 228 valence electrons. The Balaban J connectivity index is 1.44. The summed E-state index contributed by atoms with van der Waals surface area (Å²) in [5, 5.41) is 22.8. The van der Waals surface area contributed by atoms with E-state index in [1.165, 1.54) is 0 Å². The van der Waals surface area contributed by atoms with Gasteiger partial charge in [-0.05, 0) is 73.6 Å². The lowest BCUT2D eigenvalue weighted by Gasteiger charge is -2.30. The number of nitrogens with two attached hydrogens (primary N) is 1. The minimum atomic E-state index is -0.979. The van der Waals surface area contributed by atoms with Gasteiger partial charge in [-0.3, -0.25) is 4.79 Å². The Morgan fingerprint density at radius 3 is 2.73 bits per heavy atom. The SMILES string of the molecule is COc1cc(C(=O)N2CCCC(N)C2)cc2nc3n(c12)Cc1cccc(c1)C(O)C(O)CCCCn1c-3cc2cccnc21. The average molecular weight is 595 g/mol. The van der Waals surface area contributed by atoms with E-state index in [0.717, 1.165) is 59.3 Å². The van der Waals surface area contributed by atoms with Gasteiger partial charge in [0, 0.05) is 49.4 Å². The molecule has 0 spiro atoms. The summed E-state index contributed by atoms with van der Waals surface area (Å²) in [4.78, 5) is 25.4. The molecule has 1 saturated heterocycles. The third-order valence-electron chi connectivity index (χ3n) is 9.03. The van der Waals surface area contributed by atoms with E-state index in [1.54, 1.807) is 19.4 Å². The Bertz CT molecular complexity index is 1840. The lowest BCUT2D eigenvalue weighted by molar-refractivity contribution is 0.0119. The van der Waals surface area contributed by atoms with E-state index in [2.05, 4.69) is 15.2 Å². The number of imidazole rings is 1. The van der Waals surface area contributed by atoms with E-state index in [9.17, 15) is 15.0 Å². The fourth-order valence-electron chi connectivity index (χ4n) is 6.80. The molecule has 2 bridgehead atoms. The van der Waals surface area contributed by atoms with Gasteiger partial charge >= 0.3 is 0 Å². The monoisotopic (exact) mass is 594 g/mol. The number of carbonyl (C=O) groups is 1. The zero-order valence-electron chi connectivity index (χ0n) is 24.9. The number of hydrogen-bond donors (Lipinski definition) is 3. The van der Waals surface area contributed by atoms with Crippen molar-refractivity contribution >= 4 is 28.0 Å². The Labute approximate surface area is 255 Å². The molecule has 2 aliphatic rings. The highest BCUT2D eigenvalue weighted by Gasteiger charge is 2.27. The van der Waals surface area contributed by atoms with Crippen LogP contribution in [-0.4, -0.2) is 72.5 Å². The zero-order chi connectivity index (χ0) is 30.4. The van der Waals surface area contributed by atoms with Crippen molar-refractivity contribution in [1.82, 2.24) is 24.0 Å². The third-order valence-corrected chi connectivity index (χ3v) is 9.03. The van der Waals surface area contributed by atoms with Crippen molar-refractivity contribution in [2.24, 2.45) is 5.73 Å². The number of amides is 1. The smallest absolute Gasteiger partial charge is 0.254 e. The fraction of sp³-hybridized carbons (Fsp3) is 0.382. The number of methoxy groups -OCH3 is 1. The minimum Gasteiger partial charge on any atom is -0.494 e. The van der Waals surface area contributed by atoms with Crippen molar-refractivity contribution in [3.05, 3.63) is 77.5 Å². The highest BCUT2D eigenvalue weighted by Crippen LogP contribution is 2.36. The van der Waals surface area contributed by atoms with Crippen LogP contribution in [-0.2, 0) is 13.1 Å². The van der Waals surface area contributed by atoms with Crippen LogP contribution in [0.5, 0.6) is 5.75 Å². The number of ether oxygens (including phenoxy) is 1. The number of carbonyl (C=O) groups excluding carboxylic acids is 1. The van der Waals surface area contributed by atoms with E-state index in [1.807, 2.05) is 47.4 Å². The van der Waals surface area contributed by atoms with Gasteiger partial charge in [-0.25, -0.2) is 9.97 Å². The predicted octanol–water partition coefficient (Wildman–Crippen LogP) is 4.25. The van der Waals surface area contributed by atoms with Crippen molar-refractivity contribution < 1.29 is 19.7 Å². The van der Waals surface area contributed by atoms with Gasteiger partial charge in [-0.1, -0.05) is 24.3 Å². The van der Waals surface area contributed by atoms with Gasteiger partial charge in [-0.2, -0.15) is 0 Å². The Kier molecular flexibility index (Phi) is 7.57. The number of hydrogen-bond acceptors (Lipinski definition) is 7. The molecule has 3 atom stereocenters. The first-order valence-corrected chi connectivity index (χ1v) is 15.4. The number of aliphatic hydroxyl groups is 2. The van der Waals surface area contributed by atoms with Gasteiger partial charge in [0.05, 0.1) is 24.4 Å². The Morgan fingerprint density at radius 2 is 1.89 bits per heavy atom. The highest BCUT2D eigenvalue weighted by atomic mass is 16.5. The van der Waals surface area contributed by atoms with Crippen LogP contribution in [0, 0.1) is 0 Å². The molecule has 44 heavy (non-hydrogen) atoms. The Hall–Kier alpha value is -4.25. The summed E-state index contributed by atoms with van der Waals surface area (Å²) in [6.07, 6.45) is 3.77. The molecule has 3 unspecified atom stereocenters. The molecule has 10 nitrogen and oxygen atoms in total. The molecule has 0 aliphatic carbocycles. The zero-order valence-corrected chi connectivity index (χ0v) is 24.9. The average Bonchev–Trinajstić information content (AvgIpc) is 3.59. The molecule has 2 aliphatic heterocycles. The van der Waals surface area contributed by atoms with E-state index < -0.39 is 12.2 Å². The molecule has 5 heterocycles. The van der Waals surface area contributed by atoms with Crippen molar-refractivity contribution in [2.45, 2.75) is 63.4 Å². The fourth-order valence-corrected chi connectivity index (χ4v) is 6.80. The van der Waals surface area contributed by atoms with Crippen LogP contribution in [0.15, 0.2) is 60.8 Å². The lowest BCUT2D eigenvalue weighted by atomic mass is 9.98. The van der Waals surface area contributed by atoms with Gasteiger partial charge in [0.2, 0.25) is 0 Å². The maximum atomic E-state index is 13.7. The van der Waals surface area contributed by atoms with Crippen LogP contribution in [0.25, 0.3) is 33.6 Å². The number of aryl methyl sites for hydroxylation is 1. The van der Waals surface area contributed by atoms with Crippen LogP contribution in [0.3, 0.4) is 0 Å². The first-order chi connectivity index (χ1) is 21.4. The lowest BCUT2D eigenvalue weighted by Crippen LogP contribution is -2.45. The van der Waals surface area contributed by atoms with Crippen LogP contribution in [0.4, 0.5) is 0 Å². The molecule has 4 N–H and O–H groups in total. The van der Waals surface area contributed by atoms with Crippen molar-refractivity contribution in [1.29, 1.82) is 0 Å². The summed E-state index contributed by atoms with van der Waals surface area (Å²) < 4.78 is 10.3. The molecule has 7 rings (SSSR count). The molecule has 3 aromatic heterocycles. The maximum absolute atomic E-state index is 13.7. The number of pyridine rings is 1. The third kappa shape index (κ3) is 5.12. The van der Waals surface area contributed by atoms with Gasteiger partial charge in [0.25, 0.3) is 5.91 Å². The van der Waals surface area contributed by atoms with Gasteiger partial charge in [-0.15, -0.1) is 0 Å². The molecule has 0 saturated carbocycles. The normalized spacial score (nSPS) is 21.1. The standard InChI is InChI=1S/C34H38N6O4/c1-44-29-18-24(34(43)38-13-6-10-25(35)20-38)16-26-30(29)40-19-21-7-4-8-22(15-21)31(42)28(41)11-2-3-14-39-27(33(40)37-26)17-23-9-5-12-36-32(23)39/h4-5,7-9,12,15-18,25,28,31,41-42H,2-3,6,10-11,13-14,19-20,35H2,1H3. The Morgan fingerprint density at radius 1 is 1.00 bits per heavy atom. The molecular formula is C34H38N6O4. The van der Waals surface area contributed by atoms with Crippen molar-refractivity contribution in [3.63, 3.8) is 0 Å². The summed E-state index contributed by atoms with van der Waals surface area (Å²) in [6, 6.07) is 17.4. The number of aliphatic hydroxyl groups excluding tert-OH is 2. The number of fused-ring (bicyclic) bond motifs is 9. The summed E-state index contributed by atoms with van der Waals surface area (Å²) in [7, 11) is 1.61. The van der Waals surface area contributed by atoms with E-state index in [4.69, 9.17) is 20.4 Å². The maximum Gasteiger partial charge on any atom is 0.254 e. The first kappa shape index (κ1) is 28.5. The van der Waals surface area contributed by atoms with E-state index in [-0.39, 0.29) is 11.9 Å². The molecule has 0 radical (unpaired) electrons. The van der Waals surface area contributed by atoms with Crippen molar-refractivity contribution in [3.8, 4) is 17.3 Å². The summed E-state index contributed by atoms with van der Waals surface area (Å²) >= 11 is 0. The predicted molar refractivity (Wildman–Crippen MR) is 168 cm³/mol. The summed E-state index contributed by atoms with van der Waals surface area (Å²) in [6.45, 7) is 2.31. The molecule has 1 fully saturated rings. The van der Waals surface area contributed by atoms with E-state index in [0.29, 0.717) is 55.0 Å². The minimum absolute atomic E-state index is 0.0221. The first-order valence-electron chi connectivity index (χ1n) is 15.4. The van der Waals surface area contributed by atoms with Gasteiger partial charge in [0.15, 0.2) is 5.82 Å². The topological polar surface area (TPSA) is 132 Å². The second-order valence-corrected chi connectivity index (χ2v) is 12.1. The van der Waals surface area contributed by atoms with Gasteiger partial charge in [0.1, 0.15) is 23.0 Å². The molecule has 5 aromatic rings. The van der Waals surface area contributed by atoms with Crippen LogP contribution < -0.4 is 10.5 Å². The molecular weight excluding hydrogens is 556 g/mol. The summed E-state index contributed by atoms with van der Waals surface area (Å²) in [5.74, 6) is 1.22. The number of benzene rings is 2. The van der Waals surface area contributed by atoms with Crippen LogP contribution in [0.1, 0.15) is 59.7 Å². The van der Waals surface area contributed by atoms with Crippen LogP contribution in [0.2, 0.25) is 0 Å². The van der Waals surface area contributed by atoms with Crippen LogP contribution >= 0.6 is 0 Å². The number of likely N-dealkylation sites (tertiary alicyclic amines) is 1. The largest absolute Gasteiger partial charge is 0.494 e. The molecule has 1 amide bonds. The number of piperidine rings is 1. The van der Waals surface area contributed by atoms with Gasteiger partial charge < -0.3 is 34.7 Å². The summed E-state index contributed by atoms with van der Waals surface area (Å²) in [5.41, 5.74) is 11.5. The van der Waals surface area contributed by atoms with E-state index >= 15 is 0 Å². The second-order valence-electron chi connectivity index (χ2n) is 12.1.